The maximum absolute atomic E-state index is 11.8. The molecular formula is C14H15N5O4. The predicted molar refractivity (Wildman–Crippen MR) is 83.9 cm³/mol. The molecule has 1 fully saturated rings. The summed E-state index contributed by atoms with van der Waals surface area (Å²) in [5, 5.41) is 14.7. The molecule has 0 spiro atoms. The van der Waals surface area contributed by atoms with Crippen LogP contribution < -0.4 is 16.1 Å². The first-order chi connectivity index (χ1) is 11.1. The molecule has 1 amide bonds. The molecule has 0 aliphatic carbocycles. The van der Waals surface area contributed by atoms with Crippen LogP contribution in [0.5, 0.6) is 0 Å². The van der Waals surface area contributed by atoms with Crippen molar-refractivity contribution in [2.75, 3.05) is 31.2 Å². The van der Waals surface area contributed by atoms with Crippen molar-refractivity contribution in [2.24, 2.45) is 10.8 Å². The Bertz CT molecular complexity index is 722. The van der Waals surface area contributed by atoms with E-state index in [4.69, 9.17) is 10.5 Å². The number of hydrogen-bond donors (Lipinski definition) is 2. The standard InChI is InChI=1S/C14H15N5O4/c15-13-11(14(20)17-16-13)8-9-7-10(19(21)22)1-2-12(9)18-3-5-23-6-4-18/h1-2,7-8H,3-6H2,(H2,15,16)(H,17,20)/b11-8-. The van der Waals surface area contributed by atoms with Crippen molar-refractivity contribution in [1.29, 1.82) is 0 Å². The van der Waals surface area contributed by atoms with Crippen LogP contribution in [0, 0.1) is 10.1 Å². The smallest absolute Gasteiger partial charge is 0.275 e. The van der Waals surface area contributed by atoms with Gasteiger partial charge in [0.1, 0.15) is 0 Å². The fraction of sp³-hybridized carbons (Fsp3) is 0.286. The molecule has 2 heterocycles. The van der Waals surface area contributed by atoms with Gasteiger partial charge in [0.05, 0.1) is 23.7 Å². The van der Waals surface area contributed by atoms with E-state index in [-0.39, 0.29) is 17.1 Å². The summed E-state index contributed by atoms with van der Waals surface area (Å²) in [7, 11) is 0. The molecule has 9 heteroatoms. The Kier molecular flexibility index (Phi) is 3.94. The first-order valence-corrected chi connectivity index (χ1v) is 7.03. The highest BCUT2D eigenvalue weighted by Crippen LogP contribution is 2.28. The van der Waals surface area contributed by atoms with Gasteiger partial charge in [-0.05, 0) is 12.1 Å². The predicted octanol–water partition coefficient (Wildman–Crippen LogP) is 0.217. The van der Waals surface area contributed by atoms with E-state index in [2.05, 4.69) is 15.4 Å². The summed E-state index contributed by atoms with van der Waals surface area (Å²) in [6, 6.07) is 4.55. The number of carbonyl (C=O) groups excluding carboxylic acids is 1. The third kappa shape index (κ3) is 2.99. The number of amides is 1. The van der Waals surface area contributed by atoms with Crippen molar-refractivity contribution in [3.8, 4) is 0 Å². The highest BCUT2D eigenvalue weighted by atomic mass is 16.6. The Morgan fingerprint density at radius 3 is 2.74 bits per heavy atom. The number of benzene rings is 1. The highest BCUT2D eigenvalue weighted by molar-refractivity contribution is 6.26. The largest absolute Gasteiger partial charge is 0.382 e. The molecule has 0 bridgehead atoms. The Labute approximate surface area is 131 Å². The third-order valence-corrected chi connectivity index (χ3v) is 3.67. The van der Waals surface area contributed by atoms with Gasteiger partial charge in [0, 0.05) is 36.5 Å². The van der Waals surface area contributed by atoms with Crippen molar-refractivity contribution >= 4 is 29.2 Å². The van der Waals surface area contributed by atoms with Gasteiger partial charge in [0.15, 0.2) is 5.84 Å². The molecule has 3 rings (SSSR count). The Balaban J connectivity index is 2.06. The maximum Gasteiger partial charge on any atom is 0.275 e. The molecule has 2 aliphatic heterocycles. The minimum absolute atomic E-state index is 0.0530. The SMILES string of the molecule is NC1=NNC(=O)/C1=C\c1cc([N+](=O)[O-])ccc1N1CCOCC1. The number of non-ortho nitro benzene ring substituents is 1. The number of nitrogens with zero attached hydrogens (tertiary/aromatic N) is 3. The van der Waals surface area contributed by atoms with E-state index in [0.717, 1.165) is 5.69 Å². The van der Waals surface area contributed by atoms with Crippen LogP contribution in [0.3, 0.4) is 0 Å². The Morgan fingerprint density at radius 2 is 2.13 bits per heavy atom. The first-order valence-electron chi connectivity index (χ1n) is 7.03. The van der Waals surface area contributed by atoms with Crippen LogP contribution in [-0.2, 0) is 9.53 Å². The number of hydrazone groups is 1. The first kappa shape index (κ1) is 15.0. The number of nitrogens with two attached hydrogens (primary N) is 1. The number of nitro benzene ring substituents is 1. The van der Waals surface area contributed by atoms with Gasteiger partial charge in [-0.3, -0.25) is 14.9 Å². The van der Waals surface area contributed by atoms with Gasteiger partial charge < -0.3 is 15.4 Å². The van der Waals surface area contributed by atoms with Crippen LogP contribution in [0.2, 0.25) is 0 Å². The zero-order valence-corrected chi connectivity index (χ0v) is 12.2. The number of rotatable bonds is 3. The van der Waals surface area contributed by atoms with Crippen LogP contribution >= 0.6 is 0 Å². The van der Waals surface area contributed by atoms with E-state index < -0.39 is 10.8 Å². The van der Waals surface area contributed by atoms with Gasteiger partial charge in [0.25, 0.3) is 11.6 Å². The fourth-order valence-electron chi connectivity index (χ4n) is 2.51. The summed E-state index contributed by atoms with van der Waals surface area (Å²) in [4.78, 5) is 24.4. The average Bonchev–Trinajstić information content (AvgIpc) is 2.87. The van der Waals surface area contributed by atoms with E-state index >= 15 is 0 Å². The topological polar surface area (TPSA) is 123 Å². The molecule has 3 N–H and O–H groups in total. The van der Waals surface area contributed by atoms with Crippen LogP contribution in [0.1, 0.15) is 5.56 Å². The summed E-state index contributed by atoms with van der Waals surface area (Å²) in [5.74, 6) is -0.364. The number of ether oxygens (including phenoxy) is 1. The highest BCUT2D eigenvalue weighted by Gasteiger charge is 2.22. The third-order valence-electron chi connectivity index (χ3n) is 3.67. The fourth-order valence-corrected chi connectivity index (χ4v) is 2.51. The monoisotopic (exact) mass is 317 g/mol. The second-order valence-corrected chi connectivity index (χ2v) is 5.10. The van der Waals surface area contributed by atoms with Crippen molar-refractivity contribution in [3.05, 3.63) is 39.4 Å². The van der Waals surface area contributed by atoms with Crippen molar-refractivity contribution in [2.45, 2.75) is 0 Å². The van der Waals surface area contributed by atoms with E-state index in [0.29, 0.717) is 31.9 Å². The second-order valence-electron chi connectivity index (χ2n) is 5.10. The Hall–Kier alpha value is -2.94. The van der Waals surface area contributed by atoms with Crippen molar-refractivity contribution in [3.63, 3.8) is 0 Å². The van der Waals surface area contributed by atoms with Crippen LogP contribution in [0.15, 0.2) is 28.9 Å². The summed E-state index contributed by atoms with van der Waals surface area (Å²) in [5.41, 5.74) is 9.42. The lowest BCUT2D eigenvalue weighted by atomic mass is 10.1. The van der Waals surface area contributed by atoms with Gasteiger partial charge >= 0.3 is 0 Å². The number of nitro groups is 1. The van der Waals surface area contributed by atoms with Gasteiger partial charge in [-0.15, -0.1) is 0 Å². The lowest BCUT2D eigenvalue weighted by Crippen LogP contribution is -2.36. The molecule has 0 unspecified atom stereocenters. The van der Waals surface area contributed by atoms with Crippen LogP contribution in [-0.4, -0.2) is 43.0 Å². The summed E-state index contributed by atoms with van der Waals surface area (Å²) in [6.45, 7) is 2.50. The Morgan fingerprint density at radius 1 is 1.39 bits per heavy atom. The number of hydrogen-bond acceptors (Lipinski definition) is 7. The molecule has 23 heavy (non-hydrogen) atoms. The number of amidine groups is 1. The minimum atomic E-state index is -0.475. The summed E-state index contributed by atoms with van der Waals surface area (Å²) >= 11 is 0. The molecule has 1 aromatic carbocycles. The van der Waals surface area contributed by atoms with Crippen LogP contribution in [0.25, 0.3) is 6.08 Å². The normalized spacial score (nSPS) is 19.7. The van der Waals surface area contributed by atoms with Gasteiger partial charge in [-0.1, -0.05) is 0 Å². The minimum Gasteiger partial charge on any atom is -0.382 e. The molecule has 9 nitrogen and oxygen atoms in total. The number of carbonyl (C=O) groups is 1. The van der Waals surface area contributed by atoms with Gasteiger partial charge in [-0.25, -0.2) is 5.43 Å². The molecule has 1 saturated heterocycles. The maximum atomic E-state index is 11.8. The number of nitrogens with one attached hydrogen (secondary N) is 1. The number of anilines is 1. The van der Waals surface area contributed by atoms with Crippen molar-refractivity contribution in [1.82, 2.24) is 5.43 Å². The molecule has 0 saturated carbocycles. The lowest BCUT2D eigenvalue weighted by molar-refractivity contribution is -0.384. The lowest BCUT2D eigenvalue weighted by Gasteiger charge is -2.30. The van der Waals surface area contributed by atoms with Gasteiger partial charge in [-0.2, -0.15) is 5.10 Å². The molecule has 0 aromatic heterocycles. The van der Waals surface area contributed by atoms with E-state index in [1.165, 1.54) is 18.2 Å². The second kappa shape index (κ2) is 6.05. The van der Waals surface area contributed by atoms with Crippen LogP contribution in [0.4, 0.5) is 11.4 Å². The van der Waals surface area contributed by atoms with E-state index in [9.17, 15) is 14.9 Å². The molecule has 1 aromatic rings. The van der Waals surface area contributed by atoms with Gasteiger partial charge in [0.2, 0.25) is 0 Å². The average molecular weight is 317 g/mol. The molecule has 2 aliphatic rings. The molecular weight excluding hydrogens is 302 g/mol. The van der Waals surface area contributed by atoms with E-state index in [1.54, 1.807) is 6.07 Å². The molecule has 0 radical (unpaired) electrons. The molecule has 120 valence electrons. The summed E-state index contributed by atoms with van der Waals surface area (Å²) < 4.78 is 5.32. The summed E-state index contributed by atoms with van der Waals surface area (Å²) in [6.07, 6.45) is 1.53. The zero-order chi connectivity index (χ0) is 16.4. The van der Waals surface area contributed by atoms with Crippen molar-refractivity contribution < 1.29 is 14.5 Å². The molecule has 0 atom stereocenters. The quantitative estimate of drug-likeness (QED) is 0.467. The number of morpholine rings is 1. The van der Waals surface area contributed by atoms with E-state index in [1.807, 2.05) is 0 Å². The zero-order valence-electron chi connectivity index (χ0n) is 12.2.